The number of hydrogen-bond acceptors (Lipinski definition) is 6. The van der Waals surface area contributed by atoms with Gasteiger partial charge in [0.1, 0.15) is 10.7 Å². The van der Waals surface area contributed by atoms with Crippen LogP contribution in [0.4, 0.5) is 0 Å². The summed E-state index contributed by atoms with van der Waals surface area (Å²) < 4.78 is 0. The first-order chi connectivity index (χ1) is 12.5. The Morgan fingerprint density at radius 2 is 2.08 bits per heavy atom. The van der Waals surface area contributed by atoms with E-state index in [0.717, 1.165) is 57.5 Å². The van der Waals surface area contributed by atoms with Gasteiger partial charge in [-0.1, -0.05) is 0 Å². The van der Waals surface area contributed by atoms with Gasteiger partial charge in [-0.3, -0.25) is 4.79 Å². The van der Waals surface area contributed by atoms with Crippen molar-refractivity contribution in [2.75, 3.05) is 13.1 Å². The second-order valence-corrected chi connectivity index (χ2v) is 7.97. The minimum Gasteiger partial charge on any atom is -0.337 e. The van der Waals surface area contributed by atoms with Crippen molar-refractivity contribution in [1.29, 1.82) is 0 Å². The number of carbonyl (C=O) groups is 1. The average Bonchev–Trinajstić information content (AvgIpc) is 2.98. The highest BCUT2D eigenvalue weighted by molar-refractivity contribution is 7.13. The molecule has 1 aliphatic heterocycles. The number of rotatable bonds is 2. The maximum absolute atomic E-state index is 13.0. The topological polar surface area (TPSA) is 71.9 Å². The monoisotopic (exact) mass is 367 g/mol. The van der Waals surface area contributed by atoms with E-state index in [-0.39, 0.29) is 11.8 Å². The number of thiazole rings is 1. The average molecular weight is 367 g/mol. The fourth-order valence-electron chi connectivity index (χ4n) is 3.67. The fraction of sp³-hybridized carbons (Fsp3) is 0.421. The molecule has 0 aliphatic carbocycles. The van der Waals surface area contributed by atoms with Crippen molar-refractivity contribution in [1.82, 2.24) is 24.8 Å². The van der Waals surface area contributed by atoms with Crippen LogP contribution < -0.4 is 0 Å². The molecule has 3 aromatic heterocycles. The lowest BCUT2D eigenvalue weighted by Gasteiger charge is -2.32. The van der Waals surface area contributed by atoms with Crippen LogP contribution in [0, 0.1) is 20.8 Å². The Kier molecular flexibility index (Phi) is 4.40. The molecule has 7 heteroatoms. The van der Waals surface area contributed by atoms with E-state index >= 15 is 0 Å². The van der Waals surface area contributed by atoms with Crippen LogP contribution in [0.15, 0.2) is 18.3 Å². The van der Waals surface area contributed by atoms with Crippen molar-refractivity contribution in [2.45, 2.75) is 39.5 Å². The van der Waals surface area contributed by atoms with Gasteiger partial charge in [-0.05, 0) is 45.7 Å². The van der Waals surface area contributed by atoms with Gasteiger partial charge >= 0.3 is 0 Å². The molecular weight excluding hydrogens is 346 g/mol. The zero-order valence-corrected chi connectivity index (χ0v) is 16.0. The summed E-state index contributed by atoms with van der Waals surface area (Å²) in [7, 11) is 0. The Morgan fingerprint density at radius 1 is 1.23 bits per heavy atom. The molecule has 0 saturated carbocycles. The molecule has 0 bridgehead atoms. The molecular formula is C19H21N5OS. The maximum Gasteiger partial charge on any atom is 0.265 e. The predicted octanol–water partition coefficient (Wildman–Crippen LogP) is 3.43. The number of hydrogen-bond donors (Lipinski definition) is 0. The molecule has 26 heavy (non-hydrogen) atoms. The largest absolute Gasteiger partial charge is 0.337 e. The van der Waals surface area contributed by atoms with Gasteiger partial charge in [-0.2, -0.15) is 0 Å². The summed E-state index contributed by atoms with van der Waals surface area (Å²) in [5.41, 5.74) is 2.56. The van der Waals surface area contributed by atoms with E-state index in [9.17, 15) is 4.79 Å². The van der Waals surface area contributed by atoms with Crippen LogP contribution in [0.2, 0.25) is 0 Å². The van der Waals surface area contributed by atoms with Crippen LogP contribution in [-0.2, 0) is 0 Å². The lowest BCUT2D eigenvalue weighted by atomic mass is 9.92. The van der Waals surface area contributed by atoms with E-state index in [0.29, 0.717) is 6.54 Å². The van der Waals surface area contributed by atoms with Crippen molar-refractivity contribution in [2.24, 2.45) is 0 Å². The van der Waals surface area contributed by atoms with Gasteiger partial charge < -0.3 is 4.90 Å². The minimum atomic E-state index is 0.0889. The Labute approximate surface area is 156 Å². The Balaban J connectivity index is 1.65. The zero-order chi connectivity index (χ0) is 18.3. The molecule has 0 N–H and O–H groups in total. The van der Waals surface area contributed by atoms with Gasteiger partial charge in [0.2, 0.25) is 0 Å². The third-order valence-corrected chi connectivity index (χ3v) is 5.87. The first-order valence-corrected chi connectivity index (χ1v) is 9.67. The number of amides is 1. The molecule has 1 amide bonds. The molecule has 4 rings (SSSR count). The van der Waals surface area contributed by atoms with E-state index in [4.69, 9.17) is 4.98 Å². The lowest BCUT2D eigenvalue weighted by Crippen LogP contribution is -2.39. The van der Waals surface area contributed by atoms with Gasteiger partial charge in [-0.15, -0.1) is 11.3 Å². The number of fused-ring (bicyclic) bond motifs is 1. The van der Waals surface area contributed by atoms with Crippen LogP contribution in [0.3, 0.4) is 0 Å². The Hall–Kier alpha value is -2.41. The van der Waals surface area contributed by atoms with Gasteiger partial charge in [-0.25, -0.2) is 19.9 Å². The second-order valence-electron chi connectivity index (χ2n) is 6.77. The number of nitrogens with zero attached hydrogens (tertiary/aromatic N) is 5. The van der Waals surface area contributed by atoms with Gasteiger partial charge in [0.05, 0.1) is 16.4 Å². The van der Waals surface area contributed by atoms with Crippen LogP contribution in [0.25, 0.3) is 11.0 Å². The quantitative estimate of drug-likeness (QED) is 0.694. The highest BCUT2D eigenvalue weighted by Crippen LogP contribution is 2.31. The third-order valence-electron chi connectivity index (χ3n) is 4.81. The van der Waals surface area contributed by atoms with Crippen molar-refractivity contribution in [3.8, 4) is 0 Å². The zero-order valence-electron chi connectivity index (χ0n) is 15.2. The molecule has 0 spiro atoms. The second kappa shape index (κ2) is 6.72. The predicted molar refractivity (Wildman–Crippen MR) is 102 cm³/mol. The van der Waals surface area contributed by atoms with Gasteiger partial charge in [0, 0.05) is 30.6 Å². The van der Waals surface area contributed by atoms with E-state index < -0.39 is 0 Å². The summed E-state index contributed by atoms with van der Waals surface area (Å²) in [5.74, 6) is 1.02. The summed E-state index contributed by atoms with van der Waals surface area (Å²) in [6.07, 6.45) is 3.74. The summed E-state index contributed by atoms with van der Waals surface area (Å²) in [6.45, 7) is 7.20. The smallest absolute Gasteiger partial charge is 0.265 e. The van der Waals surface area contributed by atoms with Crippen molar-refractivity contribution in [3.63, 3.8) is 0 Å². The normalized spacial score (nSPS) is 17.7. The van der Waals surface area contributed by atoms with E-state index in [2.05, 4.69) is 15.0 Å². The van der Waals surface area contributed by atoms with Gasteiger partial charge in [0.25, 0.3) is 5.91 Å². The first kappa shape index (κ1) is 17.0. The number of piperidine rings is 1. The molecule has 3 aromatic rings. The molecule has 134 valence electrons. The highest BCUT2D eigenvalue weighted by atomic mass is 32.1. The first-order valence-electron chi connectivity index (χ1n) is 8.85. The number of likely N-dealkylation sites (tertiary alicyclic amines) is 1. The van der Waals surface area contributed by atoms with E-state index in [1.54, 1.807) is 6.20 Å². The van der Waals surface area contributed by atoms with Gasteiger partial charge in [0.15, 0.2) is 5.65 Å². The standard InChI is InChI=1S/C19H21N5OS/c1-11-17(26-13(3)21-11)19(25)24-9-5-6-14(10-24)16-15-7-4-8-20-18(15)23-12(2)22-16/h4,7-8,14H,5-6,9-10H2,1-3H3/t14-/m0/s1. The lowest BCUT2D eigenvalue weighted by molar-refractivity contribution is 0.0710. The van der Waals surface area contributed by atoms with Crippen molar-refractivity contribution >= 4 is 28.3 Å². The van der Waals surface area contributed by atoms with E-state index in [1.807, 2.05) is 37.8 Å². The van der Waals surface area contributed by atoms with Crippen molar-refractivity contribution < 1.29 is 4.79 Å². The summed E-state index contributed by atoms with van der Waals surface area (Å²) in [6, 6.07) is 3.94. The number of carbonyl (C=O) groups excluding carboxylic acids is 1. The summed E-state index contributed by atoms with van der Waals surface area (Å²) >= 11 is 1.48. The molecule has 0 radical (unpaired) electrons. The van der Waals surface area contributed by atoms with Crippen LogP contribution in [0.5, 0.6) is 0 Å². The molecule has 4 heterocycles. The molecule has 1 aliphatic rings. The molecule has 1 fully saturated rings. The van der Waals surface area contributed by atoms with E-state index in [1.165, 1.54) is 11.3 Å². The maximum atomic E-state index is 13.0. The summed E-state index contributed by atoms with van der Waals surface area (Å²) in [5, 5.41) is 1.92. The molecule has 1 atom stereocenters. The third kappa shape index (κ3) is 3.07. The van der Waals surface area contributed by atoms with Crippen molar-refractivity contribution in [3.05, 3.63) is 45.4 Å². The number of aryl methyl sites for hydroxylation is 3. The Morgan fingerprint density at radius 3 is 2.85 bits per heavy atom. The number of aromatic nitrogens is 4. The van der Waals surface area contributed by atoms with Crippen LogP contribution in [0.1, 0.15) is 50.7 Å². The number of pyridine rings is 1. The molecule has 6 nitrogen and oxygen atoms in total. The minimum absolute atomic E-state index is 0.0889. The SMILES string of the molecule is Cc1nc([C@H]2CCCN(C(=O)c3sc(C)nc3C)C2)c2cccnc2n1. The van der Waals surface area contributed by atoms with Crippen LogP contribution in [-0.4, -0.2) is 43.8 Å². The highest BCUT2D eigenvalue weighted by Gasteiger charge is 2.29. The van der Waals surface area contributed by atoms with Crippen LogP contribution >= 0.6 is 11.3 Å². The molecule has 0 unspecified atom stereocenters. The Bertz CT molecular complexity index is 983. The molecule has 0 aromatic carbocycles. The fourth-order valence-corrected chi connectivity index (χ4v) is 4.56. The summed E-state index contributed by atoms with van der Waals surface area (Å²) in [4.78, 5) is 33.6. The molecule has 1 saturated heterocycles.